The normalized spacial score (nSPS) is 18.3. The molecular formula is C13H25N3O2. The van der Waals surface area contributed by atoms with E-state index in [2.05, 4.69) is 10.2 Å². The van der Waals surface area contributed by atoms with E-state index in [-0.39, 0.29) is 17.4 Å². The molecule has 5 heteroatoms. The Hall–Kier alpha value is -1.10. The predicted octanol–water partition coefficient (Wildman–Crippen LogP) is 0.455. The summed E-state index contributed by atoms with van der Waals surface area (Å²) in [5.41, 5.74) is -0.186. The van der Waals surface area contributed by atoms with Gasteiger partial charge in [-0.05, 0) is 27.2 Å². The van der Waals surface area contributed by atoms with Crippen molar-refractivity contribution < 1.29 is 9.59 Å². The number of nitrogens with zero attached hydrogens (tertiary/aromatic N) is 2. The molecule has 0 spiro atoms. The summed E-state index contributed by atoms with van der Waals surface area (Å²) >= 11 is 0. The molecule has 5 nitrogen and oxygen atoms in total. The molecule has 0 unspecified atom stereocenters. The van der Waals surface area contributed by atoms with Gasteiger partial charge in [-0.25, -0.2) is 0 Å². The molecule has 0 aromatic heterocycles. The van der Waals surface area contributed by atoms with E-state index in [0.717, 1.165) is 32.6 Å². The highest BCUT2D eigenvalue weighted by Gasteiger charge is 2.20. The maximum atomic E-state index is 11.8. The summed E-state index contributed by atoms with van der Waals surface area (Å²) in [5, 5.41) is 2.96. The highest BCUT2D eigenvalue weighted by molar-refractivity contribution is 5.78. The van der Waals surface area contributed by atoms with Crippen LogP contribution in [-0.2, 0) is 9.59 Å². The lowest BCUT2D eigenvalue weighted by molar-refractivity contribution is -0.128. The predicted molar refractivity (Wildman–Crippen MR) is 71.2 cm³/mol. The monoisotopic (exact) mass is 255 g/mol. The van der Waals surface area contributed by atoms with Crippen LogP contribution in [0.3, 0.4) is 0 Å². The molecule has 0 bridgehead atoms. The summed E-state index contributed by atoms with van der Waals surface area (Å²) in [4.78, 5) is 27.1. The van der Waals surface area contributed by atoms with Gasteiger partial charge in [0, 0.05) is 38.6 Å². The molecule has 2 amide bonds. The number of carbonyl (C=O) groups is 2. The van der Waals surface area contributed by atoms with Crippen LogP contribution >= 0.6 is 0 Å². The van der Waals surface area contributed by atoms with E-state index in [0.29, 0.717) is 6.54 Å². The van der Waals surface area contributed by atoms with Gasteiger partial charge in [-0.2, -0.15) is 0 Å². The van der Waals surface area contributed by atoms with Crippen molar-refractivity contribution >= 4 is 11.8 Å². The summed E-state index contributed by atoms with van der Waals surface area (Å²) in [6.07, 6.45) is 0.933. The van der Waals surface area contributed by atoms with E-state index in [1.165, 1.54) is 0 Å². The van der Waals surface area contributed by atoms with Crippen LogP contribution < -0.4 is 5.32 Å². The Bertz CT molecular complexity index is 310. The Labute approximate surface area is 110 Å². The van der Waals surface area contributed by atoms with Crippen LogP contribution in [0.25, 0.3) is 0 Å². The molecule has 18 heavy (non-hydrogen) atoms. The fourth-order valence-corrected chi connectivity index (χ4v) is 2.10. The lowest BCUT2D eigenvalue weighted by Crippen LogP contribution is -2.46. The SMILES string of the molecule is CC(=O)N1CCCN(CC(=O)NC(C)(C)C)CC1. The maximum Gasteiger partial charge on any atom is 0.234 e. The highest BCUT2D eigenvalue weighted by atomic mass is 16.2. The van der Waals surface area contributed by atoms with Gasteiger partial charge >= 0.3 is 0 Å². The van der Waals surface area contributed by atoms with Gasteiger partial charge in [0.15, 0.2) is 0 Å². The summed E-state index contributed by atoms with van der Waals surface area (Å²) in [6.45, 7) is 11.1. The number of carbonyl (C=O) groups excluding carboxylic acids is 2. The quantitative estimate of drug-likeness (QED) is 0.780. The van der Waals surface area contributed by atoms with Crippen molar-refractivity contribution in [2.24, 2.45) is 0 Å². The van der Waals surface area contributed by atoms with Crippen molar-refractivity contribution in [3.05, 3.63) is 0 Å². The number of rotatable bonds is 2. The van der Waals surface area contributed by atoms with Gasteiger partial charge < -0.3 is 10.2 Å². The fraction of sp³-hybridized carbons (Fsp3) is 0.846. The molecule has 1 fully saturated rings. The second kappa shape index (κ2) is 6.18. The standard InChI is InChI=1S/C13H25N3O2/c1-11(17)16-7-5-6-15(8-9-16)10-12(18)14-13(2,3)4/h5-10H2,1-4H3,(H,14,18). The molecule has 0 aromatic carbocycles. The van der Waals surface area contributed by atoms with Gasteiger partial charge in [-0.15, -0.1) is 0 Å². The first-order valence-corrected chi connectivity index (χ1v) is 6.57. The van der Waals surface area contributed by atoms with Crippen LogP contribution in [0.15, 0.2) is 0 Å². The van der Waals surface area contributed by atoms with E-state index >= 15 is 0 Å². The largest absolute Gasteiger partial charge is 0.350 e. The Morgan fingerprint density at radius 2 is 1.78 bits per heavy atom. The van der Waals surface area contributed by atoms with Crippen molar-refractivity contribution in [3.8, 4) is 0 Å². The van der Waals surface area contributed by atoms with Gasteiger partial charge in [0.25, 0.3) is 0 Å². The van der Waals surface area contributed by atoms with Crippen molar-refractivity contribution in [2.75, 3.05) is 32.7 Å². The first-order valence-electron chi connectivity index (χ1n) is 6.57. The summed E-state index contributed by atoms with van der Waals surface area (Å²) < 4.78 is 0. The first-order chi connectivity index (χ1) is 8.28. The van der Waals surface area contributed by atoms with Gasteiger partial charge in [0.2, 0.25) is 11.8 Å². The minimum absolute atomic E-state index is 0.0544. The molecule has 1 rings (SSSR count). The molecule has 1 heterocycles. The third kappa shape index (κ3) is 5.49. The number of hydrogen-bond acceptors (Lipinski definition) is 3. The molecule has 1 N–H and O–H groups in total. The Morgan fingerprint density at radius 3 is 2.33 bits per heavy atom. The molecule has 0 aliphatic carbocycles. The number of hydrogen-bond donors (Lipinski definition) is 1. The summed E-state index contributed by atoms with van der Waals surface area (Å²) in [5.74, 6) is 0.176. The molecule has 0 saturated carbocycles. The van der Waals surface area contributed by atoms with E-state index < -0.39 is 0 Å². The van der Waals surface area contributed by atoms with Gasteiger partial charge in [-0.1, -0.05) is 0 Å². The molecule has 1 aliphatic rings. The highest BCUT2D eigenvalue weighted by Crippen LogP contribution is 2.04. The second-order valence-electron chi connectivity index (χ2n) is 5.93. The zero-order chi connectivity index (χ0) is 13.8. The van der Waals surface area contributed by atoms with Crippen LogP contribution in [0.2, 0.25) is 0 Å². The van der Waals surface area contributed by atoms with E-state index in [4.69, 9.17) is 0 Å². The van der Waals surface area contributed by atoms with Crippen LogP contribution in [-0.4, -0.2) is 59.9 Å². The van der Waals surface area contributed by atoms with Gasteiger partial charge in [0.05, 0.1) is 6.54 Å². The first kappa shape index (κ1) is 15.0. The molecule has 104 valence electrons. The average molecular weight is 255 g/mol. The summed E-state index contributed by atoms with van der Waals surface area (Å²) in [6, 6.07) is 0. The lowest BCUT2D eigenvalue weighted by Gasteiger charge is -2.24. The van der Waals surface area contributed by atoms with Crippen molar-refractivity contribution in [3.63, 3.8) is 0 Å². The van der Waals surface area contributed by atoms with Crippen LogP contribution in [0.1, 0.15) is 34.1 Å². The van der Waals surface area contributed by atoms with Gasteiger partial charge in [0.1, 0.15) is 0 Å². The lowest BCUT2D eigenvalue weighted by atomic mass is 10.1. The van der Waals surface area contributed by atoms with Crippen molar-refractivity contribution in [1.29, 1.82) is 0 Å². The maximum absolute atomic E-state index is 11.8. The van der Waals surface area contributed by atoms with Crippen LogP contribution in [0.4, 0.5) is 0 Å². The van der Waals surface area contributed by atoms with Gasteiger partial charge in [-0.3, -0.25) is 14.5 Å². The zero-order valence-corrected chi connectivity index (χ0v) is 12.0. The molecule has 0 radical (unpaired) electrons. The number of amides is 2. The molecule has 1 saturated heterocycles. The van der Waals surface area contributed by atoms with Crippen molar-refractivity contribution in [2.45, 2.75) is 39.7 Å². The van der Waals surface area contributed by atoms with E-state index in [9.17, 15) is 9.59 Å². The van der Waals surface area contributed by atoms with Crippen LogP contribution in [0.5, 0.6) is 0 Å². The topological polar surface area (TPSA) is 52.7 Å². The molecular weight excluding hydrogens is 230 g/mol. The van der Waals surface area contributed by atoms with E-state index in [1.54, 1.807) is 6.92 Å². The number of nitrogens with one attached hydrogen (secondary N) is 1. The Kier molecular flexibility index (Phi) is 5.14. The minimum atomic E-state index is -0.186. The van der Waals surface area contributed by atoms with Crippen molar-refractivity contribution in [1.82, 2.24) is 15.1 Å². The molecule has 1 aliphatic heterocycles. The zero-order valence-electron chi connectivity index (χ0n) is 12.0. The Morgan fingerprint density at radius 1 is 1.11 bits per heavy atom. The minimum Gasteiger partial charge on any atom is -0.350 e. The second-order valence-corrected chi connectivity index (χ2v) is 5.93. The van der Waals surface area contributed by atoms with E-state index in [1.807, 2.05) is 25.7 Å². The third-order valence-corrected chi connectivity index (χ3v) is 2.92. The summed E-state index contributed by atoms with van der Waals surface area (Å²) in [7, 11) is 0. The molecule has 0 atom stereocenters. The average Bonchev–Trinajstić information content (AvgIpc) is 2.40. The third-order valence-electron chi connectivity index (χ3n) is 2.92. The van der Waals surface area contributed by atoms with Crippen LogP contribution in [0, 0.1) is 0 Å². The molecule has 0 aromatic rings. The Balaban J connectivity index is 2.40. The fourth-order valence-electron chi connectivity index (χ4n) is 2.10. The smallest absolute Gasteiger partial charge is 0.234 e.